The first-order valence-corrected chi connectivity index (χ1v) is 8.40. The smallest absolute Gasteiger partial charge is 0.179 e. The van der Waals surface area contributed by atoms with Crippen molar-refractivity contribution < 1.29 is 0 Å². The summed E-state index contributed by atoms with van der Waals surface area (Å²) in [6.45, 7) is 6.19. The summed E-state index contributed by atoms with van der Waals surface area (Å²) >= 11 is 0. The van der Waals surface area contributed by atoms with Gasteiger partial charge in [-0.1, -0.05) is 42.0 Å². The second-order valence-corrected chi connectivity index (χ2v) is 6.40. The van der Waals surface area contributed by atoms with Crippen LogP contribution in [0.15, 0.2) is 60.7 Å². The van der Waals surface area contributed by atoms with E-state index in [9.17, 15) is 0 Å². The lowest BCUT2D eigenvalue weighted by atomic mass is 10.0. The van der Waals surface area contributed by atoms with Crippen molar-refractivity contribution in [2.24, 2.45) is 0 Å². The van der Waals surface area contributed by atoms with Crippen LogP contribution in [0.1, 0.15) is 16.8 Å². The van der Waals surface area contributed by atoms with E-state index in [-0.39, 0.29) is 0 Å². The van der Waals surface area contributed by atoms with Crippen molar-refractivity contribution in [3.63, 3.8) is 0 Å². The van der Waals surface area contributed by atoms with Crippen LogP contribution in [-0.2, 0) is 0 Å². The molecule has 0 spiro atoms. The van der Waals surface area contributed by atoms with Crippen molar-refractivity contribution in [3.8, 4) is 22.8 Å². The number of hydrogen-bond donors (Lipinski definition) is 0. The fraction of sp³-hybridized carbons (Fsp3) is 0.136. The third kappa shape index (κ3) is 2.89. The minimum absolute atomic E-state index is 0.665. The molecule has 0 unspecified atom stereocenters. The topological polar surface area (TPSA) is 38.7 Å². The molecule has 4 aromatic rings. The van der Waals surface area contributed by atoms with Crippen LogP contribution in [-0.4, -0.2) is 15.0 Å². The van der Waals surface area contributed by atoms with Gasteiger partial charge in [0.25, 0.3) is 0 Å². The quantitative estimate of drug-likeness (QED) is 0.503. The van der Waals surface area contributed by atoms with Crippen molar-refractivity contribution in [1.82, 2.24) is 15.0 Å². The number of nitrogens with zero attached hydrogens (tertiary/aromatic N) is 3. The lowest BCUT2D eigenvalue weighted by molar-refractivity contribution is 1.14. The fourth-order valence-electron chi connectivity index (χ4n) is 3.14. The molecule has 0 radical (unpaired) electrons. The van der Waals surface area contributed by atoms with Crippen LogP contribution in [0, 0.1) is 20.8 Å². The summed E-state index contributed by atoms with van der Waals surface area (Å²) in [5.74, 6) is 0.665. The van der Waals surface area contributed by atoms with Gasteiger partial charge in [0.15, 0.2) is 5.82 Å². The monoisotopic (exact) mass is 325 g/mol. The van der Waals surface area contributed by atoms with Crippen molar-refractivity contribution in [2.45, 2.75) is 20.8 Å². The number of pyridine rings is 1. The third-order valence-electron chi connectivity index (χ3n) is 4.34. The Bertz CT molecular complexity index is 1080. The van der Waals surface area contributed by atoms with Gasteiger partial charge < -0.3 is 0 Å². The summed E-state index contributed by atoms with van der Waals surface area (Å²) in [5, 5.41) is 1.10. The molecule has 0 amide bonds. The highest BCUT2D eigenvalue weighted by Crippen LogP contribution is 2.31. The predicted octanol–water partition coefficient (Wildman–Crippen LogP) is 5.28. The normalized spacial score (nSPS) is 11.0. The third-order valence-corrected chi connectivity index (χ3v) is 4.34. The maximum absolute atomic E-state index is 4.91. The van der Waals surface area contributed by atoms with Gasteiger partial charge in [-0.05, 0) is 50.6 Å². The highest BCUT2D eigenvalue weighted by molar-refractivity contribution is 5.95. The molecule has 4 rings (SSSR count). The van der Waals surface area contributed by atoms with Gasteiger partial charge in [-0.25, -0.2) is 15.0 Å². The number of benzene rings is 2. The van der Waals surface area contributed by atoms with E-state index >= 15 is 0 Å². The van der Waals surface area contributed by atoms with Crippen molar-refractivity contribution in [1.29, 1.82) is 0 Å². The number of fused-ring (bicyclic) bond motifs is 1. The van der Waals surface area contributed by atoms with Crippen LogP contribution >= 0.6 is 0 Å². The molecule has 3 nitrogen and oxygen atoms in total. The molecule has 3 heteroatoms. The number of rotatable bonds is 2. The number of aryl methyl sites for hydroxylation is 3. The molecule has 0 atom stereocenters. The molecule has 0 saturated carbocycles. The molecule has 0 aliphatic heterocycles. The highest BCUT2D eigenvalue weighted by Gasteiger charge is 2.14. The minimum atomic E-state index is 0.665. The number of hydrogen-bond acceptors (Lipinski definition) is 3. The Hall–Kier alpha value is -3.07. The Morgan fingerprint density at radius 3 is 2.32 bits per heavy atom. The molecule has 0 bridgehead atoms. The van der Waals surface area contributed by atoms with Crippen LogP contribution in [0.25, 0.3) is 33.7 Å². The molecule has 0 aliphatic rings. The molecule has 0 fully saturated rings. The van der Waals surface area contributed by atoms with Gasteiger partial charge in [0.05, 0.1) is 11.2 Å². The SMILES string of the molecule is Cc1cccc(-c2nc(-c3cccc(C)n3)nc3cccc(C)c23)c1. The Morgan fingerprint density at radius 1 is 0.720 bits per heavy atom. The lowest BCUT2D eigenvalue weighted by Gasteiger charge is -2.11. The molecule has 0 aliphatic carbocycles. The second-order valence-electron chi connectivity index (χ2n) is 6.40. The van der Waals surface area contributed by atoms with Crippen molar-refractivity contribution in [3.05, 3.63) is 77.5 Å². The molecule has 0 N–H and O–H groups in total. The lowest BCUT2D eigenvalue weighted by Crippen LogP contribution is -1.98. The van der Waals surface area contributed by atoms with Crippen LogP contribution in [0.5, 0.6) is 0 Å². The maximum atomic E-state index is 4.91. The van der Waals surface area contributed by atoms with E-state index in [0.717, 1.165) is 33.5 Å². The minimum Gasteiger partial charge on any atom is -0.250 e. The summed E-state index contributed by atoms with van der Waals surface area (Å²) in [5.41, 5.74) is 7.18. The Kier molecular flexibility index (Phi) is 3.77. The molecule has 2 aromatic carbocycles. The van der Waals surface area contributed by atoms with E-state index in [2.05, 4.69) is 49.2 Å². The predicted molar refractivity (Wildman–Crippen MR) is 102 cm³/mol. The van der Waals surface area contributed by atoms with Crippen LogP contribution in [0.2, 0.25) is 0 Å². The summed E-state index contributed by atoms with van der Waals surface area (Å²) in [7, 11) is 0. The standard InChI is InChI=1S/C22H19N3/c1-14-7-4-10-17(13-14)21-20-15(2)8-5-11-18(20)24-22(25-21)19-12-6-9-16(3)23-19/h4-13H,1-3H3. The molecular weight excluding hydrogens is 306 g/mol. The zero-order chi connectivity index (χ0) is 17.4. The molecule has 0 saturated heterocycles. The Labute approximate surface area is 147 Å². The molecule has 2 aromatic heterocycles. The van der Waals surface area contributed by atoms with E-state index in [1.54, 1.807) is 0 Å². The van der Waals surface area contributed by atoms with Gasteiger partial charge in [0.1, 0.15) is 5.69 Å². The highest BCUT2D eigenvalue weighted by atomic mass is 14.9. The van der Waals surface area contributed by atoms with Gasteiger partial charge in [0, 0.05) is 16.6 Å². The summed E-state index contributed by atoms with van der Waals surface area (Å²) in [4.78, 5) is 14.3. The van der Waals surface area contributed by atoms with E-state index in [1.807, 2.05) is 37.3 Å². The number of aromatic nitrogens is 3. The Balaban J connectivity index is 2.05. The zero-order valence-corrected chi connectivity index (χ0v) is 14.6. The second kappa shape index (κ2) is 6.10. The largest absolute Gasteiger partial charge is 0.250 e. The first kappa shape index (κ1) is 15.5. The summed E-state index contributed by atoms with van der Waals surface area (Å²) in [6.07, 6.45) is 0. The van der Waals surface area contributed by atoms with Crippen LogP contribution < -0.4 is 0 Å². The van der Waals surface area contributed by atoms with Crippen molar-refractivity contribution >= 4 is 10.9 Å². The van der Waals surface area contributed by atoms with E-state index in [0.29, 0.717) is 5.82 Å². The van der Waals surface area contributed by atoms with Gasteiger partial charge in [-0.15, -0.1) is 0 Å². The van der Waals surface area contributed by atoms with E-state index in [4.69, 9.17) is 9.97 Å². The van der Waals surface area contributed by atoms with E-state index < -0.39 is 0 Å². The van der Waals surface area contributed by atoms with Gasteiger partial charge in [0.2, 0.25) is 0 Å². The molecule has 25 heavy (non-hydrogen) atoms. The average molecular weight is 325 g/mol. The zero-order valence-electron chi connectivity index (χ0n) is 14.6. The first-order chi connectivity index (χ1) is 12.1. The summed E-state index contributed by atoms with van der Waals surface area (Å²) in [6, 6.07) is 20.6. The molecule has 122 valence electrons. The van der Waals surface area contributed by atoms with Gasteiger partial charge >= 0.3 is 0 Å². The molecular formula is C22H19N3. The fourth-order valence-corrected chi connectivity index (χ4v) is 3.14. The van der Waals surface area contributed by atoms with Gasteiger partial charge in [-0.3, -0.25) is 0 Å². The Morgan fingerprint density at radius 2 is 1.52 bits per heavy atom. The maximum Gasteiger partial charge on any atom is 0.179 e. The van der Waals surface area contributed by atoms with Gasteiger partial charge in [-0.2, -0.15) is 0 Å². The summed E-state index contributed by atoms with van der Waals surface area (Å²) < 4.78 is 0. The molecule has 2 heterocycles. The van der Waals surface area contributed by atoms with E-state index in [1.165, 1.54) is 11.1 Å². The van der Waals surface area contributed by atoms with Crippen LogP contribution in [0.3, 0.4) is 0 Å². The van der Waals surface area contributed by atoms with Crippen molar-refractivity contribution in [2.75, 3.05) is 0 Å². The first-order valence-electron chi connectivity index (χ1n) is 8.40. The van der Waals surface area contributed by atoms with Crippen LogP contribution in [0.4, 0.5) is 0 Å². The average Bonchev–Trinajstić information content (AvgIpc) is 2.61.